The smallest absolute Gasteiger partial charge is 0.242 e. The largest absolute Gasteiger partial charge is 0.326 e. The van der Waals surface area contributed by atoms with E-state index in [2.05, 4.69) is 17.6 Å². The fourth-order valence-corrected chi connectivity index (χ4v) is 4.34. The lowest BCUT2D eigenvalue weighted by Gasteiger charge is -2.18. The first-order chi connectivity index (χ1) is 15.5. The Kier molecular flexibility index (Phi) is 8.77. The number of carbonyl (C=O) groups excluding carboxylic acids is 2. The summed E-state index contributed by atoms with van der Waals surface area (Å²) >= 11 is 7.58. The Balaban J connectivity index is 1.76. The third-order valence-electron chi connectivity index (χ3n) is 4.95. The highest BCUT2D eigenvalue weighted by Crippen LogP contribution is 2.37. The van der Waals surface area contributed by atoms with Crippen molar-refractivity contribution in [2.75, 3.05) is 10.6 Å². The molecule has 0 saturated carbocycles. The maximum Gasteiger partial charge on any atom is 0.242 e. The van der Waals surface area contributed by atoms with Crippen LogP contribution in [0.25, 0.3) is 0 Å². The Labute approximate surface area is 198 Å². The van der Waals surface area contributed by atoms with Crippen LogP contribution < -0.4 is 10.6 Å². The van der Waals surface area contributed by atoms with Gasteiger partial charge in [0.1, 0.15) is 5.25 Å². The van der Waals surface area contributed by atoms with E-state index in [0.29, 0.717) is 17.1 Å². The summed E-state index contributed by atoms with van der Waals surface area (Å²) in [5, 5.41) is 6.07. The summed E-state index contributed by atoms with van der Waals surface area (Å²) < 4.78 is 0. The van der Waals surface area contributed by atoms with Gasteiger partial charge in [0.2, 0.25) is 11.8 Å². The Morgan fingerprint density at radius 3 is 2.38 bits per heavy atom. The van der Waals surface area contributed by atoms with Crippen LogP contribution in [0.2, 0.25) is 5.02 Å². The van der Waals surface area contributed by atoms with Crippen LogP contribution in [0.15, 0.2) is 77.7 Å². The van der Waals surface area contributed by atoms with Crippen molar-refractivity contribution in [2.24, 2.45) is 0 Å². The number of benzene rings is 3. The number of thioether (sulfide) groups is 1. The molecule has 4 nitrogen and oxygen atoms in total. The normalized spacial score (nSPS) is 11.6. The van der Waals surface area contributed by atoms with Gasteiger partial charge >= 0.3 is 0 Å². The van der Waals surface area contributed by atoms with Gasteiger partial charge in [-0.15, -0.1) is 11.8 Å². The van der Waals surface area contributed by atoms with E-state index in [1.807, 2.05) is 67.6 Å². The SMILES string of the molecule is CCCCC(=O)Nc1ccc(SC(C(=O)Nc2cc(Cl)ccc2C)c2ccccc2)cc1. The molecule has 1 unspecified atom stereocenters. The van der Waals surface area contributed by atoms with Gasteiger partial charge in [0.25, 0.3) is 0 Å². The van der Waals surface area contributed by atoms with E-state index in [4.69, 9.17) is 11.6 Å². The average molecular weight is 467 g/mol. The molecule has 0 saturated heterocycles. The molecule has 0 aliphatic carbocycles. The van der Waals surface area contributed by atoms with Crippen LogP contribution >= 0.6 is 23.4 Å². The standard InChI is InChI=1S/C26H27ClN2O2S/c1-3-4-10-24(30)28-21-13-15-22(16-14-21)32-25(19-8-6-5-7-9-19)26(31)29-23-17-20(27)12-11-18(23)2/h5-9,11-17,25H,3-4,10H2,1-2H3,(H,28,30)(H,29,31). The summed E-state index contributed by atoms with van der Waals surface area (Å²) in [6, 6.07) is 22.7. The van der Waals surface area contributed by atoms with E-state index >= 15 is 0 Å². The molecule has 0 aliphatic rings. The number of halogens is 1. The minimum absolute atomic E-state index is 0.0192. The predicted molar refractivity (Wildman–Crippen MR) is 134 cm³/mol. The number of hydrogen-bond donors (Lipinski definition) is 2. The lowest BCUT2D eigenvalue weighted by atomic mass is 10.1. The number of carbonyl (C=O) groups is 2. The van der Waals surface area contributed by atoms with Gasteiger partial charge < -0.3 is 10.6 Å². The van der Waals surface area contributed by atoms with Gasteiger partial charge in [0.05, 0.1) is 0 Å². The van der Waals surface area contributed by atoms with Gasteiger partial charge in [-0.25, -0.2) is 0 Å². The van der Waals surface area contributed by atoms with E-state index in [1.54, 1.807) is 12.1 Å². The van der Waals surface area contributed by atoms with E-state index in [9.17, 15) is 9.59 Å². The zero-order chi connectivity index (χ0) is 22.9. The molecule has 0 fully saturated rings. The van der Waals surface area contributed by atoms with Crippen LogP contribution in [-0.2, 0) is 9.59 Å². The molecule has 1 atom stereocenters. The second-order valence-electron chi connectivity index (χ2n) is 7.53. The number of hydrogen-bond acceptors (Lipinski definition) is 3. The molecule has 0 aromatic heterocycles. The first-order valence-electron chi connectivity index (χ1n) is 10.6. The Hall–Kier alpha value is -2.76. The zero-order valence-electron chi connectivity index (χ0n) is 18.2. The molecule has 166 valence electrons. The number of amides is 2. The maximum absolute atomic E-state index is 13.3. The number of nitrogens with one attached hydrogen (secondary N) is 2. The highest BCUT2D eigenvalue weighted by Gasteiger charge is 2.23. The van der Waals surface area contributed by atoms with Crippen molar-refractivity contribution >= 4 is 46.6 Å². The Morgan fingerprint density at radius 2 is 1.69 bits per heavy atom. The number of unbranched alkanes of at least 4 members (excludes halogenated alkanes) is 1. The summed E-state index contributed by atoms with van der Waals surface area (Å²) in [5.41, 5.74) is 3.31. The quantitative estimate of drug-likeness (QED) is 0.326. The molecule has 3 rings (SSSR count). The van der Waals surface area contributed by atoms with Crippen LogP contribution in [0.5, 0.6) is 0 Å². The van der Waals surface area contributed by atoms with Crippen LogP contribution in [-0.4, -0.2) is 11.8 Å². The molecule has 6 heteroatoms. The van der Waals surface area contributed by atoms with Gasteiger partial charge in [-0.2, -0.15) is 0 Å². The van der Waals surface area contributed by atoms with Crippen molar-refractivity contribution in [2.45, 2.75) is 43.3 Å². The van der Waals surface area contributed by atoms with E-state index in [-0.39, 0.29) is 11.8 Å². The zero-order valence-corrected chi connectivity index (χ0v) is 19.8. The molecule has 0 heterocycles. The molecule has 0 bridgehead atoms. The van der Waals surface area contributed by atoms with Crippen LogP contribution in [0.4, 0.5) is 11.4 Å². The Bertz CT molecular complexity index is 1060. The summed E-state index contributed by atoms with van der Waals surface area (Å²) in [7, 11) is 0. The van der Waals surface area contributed by atoms with Crippen molar-refractivity contribution in [1.82, 2.24) is 0 Å². The van der Waals surface area contributed by atoms with E-state index in [1.165, 1.54) is 11.8 Å². The summed E-state index contributed by atoms with van der Waals surface area (Å²) in [6.07, 6.45) is 2.38. The second kappa shape index (κ2) is 11.7. The minimum atomic E-state index is -0.445. The lowest BCUT2D eigenvalue weighted by molar-refractivity contribution is -0.116. The van der Waals surface area contributed by atoms with Crippen LogP contribution in [0.3, 0.4) is 0 Å². The van der Waals surface area contributed by atoms with Crippen molar-refractivity contribution in [1.29, 1.82) is 0 Å². The molecular weight excluding hydrogens is 440 g/mol. The maximum atomic E-state index is 13.3. The Morgan fingerprint density at radius 1 is 0.969 bits per heavy atom. The van der Waals surface area contributed by atoms with Crippen molar-refractivity contribution in [3.63, 3.8) is 0 Å². The summed E-state index contributed by atoms with van der Waals surface area (Å²) in [5.74, 6) is -0.103. The molecule has 3 aromatic rings. The lowest BCUT2D eigenvalue weighted by Crippen LogP contribution is -2.19. The molecule has 0 radical (unpaired) electrons. The average Bonchev–Trinajstić information content (AvgIpc) is 2.80. The first-order valence-corrected chi connectivity index (χ1v) is 11.9. The summed E-state index contributed by atoms with van der Waals surface area (Å²) in [4.78, 5) is 26.2. The molecule has 0 spiro atoms. The molecule has 32 heavy (non-hydrogen) atoms. The van der Waals surface area contributed by atoms with Gasteiger partial charge in [-0.1, -0.05) is 61.3 Å². The van der Waals surface area contributed by atoms with Crippen LogP contribution in [0.1, 0.15) is 42.6 Å². The molecule has 3 aromatic carbocycles. The molecular formula is C26H27ClN2O2S. The first kappa shape index (κ1) is 23.9. The number of rotatable bonds is 9. The molecule has 2 amide bonds. The van der Waals surface area contributed by atoms with Gasteiger partial charge in [-0.05, 0) is 60.9 Å². The third-order valence-corrected chi connectivity index (χ3v) is 6.45. The highest BCUT2D eigenvalue weighted by molar-refractivity contribution is 8.00. The predicted octanol–water partition coefficient (Wildman–Crippen LogP) is 7.25. The van der Waals surface area contributed by atoms with Crippen molar-refractivity contribution < 1.29 is 9.59 Å². The van der Waals surface area contributed by atoms with Crippen molar-refractivity contribution in [3.8, 4) is 0 Å². The number of aryl methyl sites for hydroxylation is 1. The van der Waals surface area contributed by atoms with Crippen molar-refractivity contribution in [3.05, 3.63) is 88.9 Å². The fourth-order valence-electron chi connectivity index (χ4n) is 3.14. The number of anilines is 2. The molecule has 2 N–H and O–H groups in total. The van der Waals surface area contributed by atoms with E-state index < -0.39 is 5.25 Å². The van der Waals surface area contributed by atoms with Gasteiger partial charge in [0.15, 0.2) is 0 Å². The summed E-state index contributed by atoms with van der Waals surface area (Å²) in [6.45, 7) is 4.00. The van der Waals surface area contributed by atoms with Gasteiger partial charge in [-0.3, -0.25) is 9.59 Å². The fraction of sp³-hybridized carbons (Fsp3) is 0.231. The second-order valence-corrected chi connectivity index (χ2v) is 9.15. The van der Waals surface area contributed by atoms with Gasteiger partial charge in [0, 0.05) is 27.7 Å². The third kappa shape index (κ3) is 6.87. The monoisotopic (exact) mass is 466 g/mol. The minimum Gasteiger partial charge on any atom is -0.326 e. The van der Waals surface area contributed by atoms with Crippen LogP contribution in [0, 0.1) is 6.92 Å². The highest BCUT2D eigenvalue weighted by atomic mass is 35.5. The molecule has 0 aliphatic heterocycles. The topological polar surface area (TPSA) is 58.2 Å². The van der Waals surface area contributed by atoms with E-state index in [0.717, 1.165) is 34.6 Å².